The van der Waals surface area contributed by atoms with Gasteiger partial charge in [-0.3, -0.25) is 4.79 Å². The molecule has 2 fully saturated rings. The van der Waals surface area contributed by atoms with Gasteiger partial charge in [0.2, 0.25) is 11.9 Å². The van der Waals surface area contributed by atoms with E-state index in [0.29, 0.717) is 24.2 Å². The molecule has 0 atom stereocenters. The Balaban J connectivity index is 1.33. The molecule has 4 N–H and O–H groups in total. The van der Waals surface area contributed by atoms with Crippen LogP contribution in [0.15, 0.2) is 30.6 Å². The molecule has 0 unspecified atom stereocenters. The van der Waals surface area contributed by atoms with Gasteiger partial charge in [-0.25, -0.2) is 4.98 Å². The van der Waals surface area contributed by atoms with Crippen LogP contribution in [0.1, 0.15) is 57.4 Å². The van der Waals surface area contributed by atoms with Crippen molar-refractivity contribution < 1.29 is 9.53 Å². The van der Waals surface area contributed by atoms with Gasteiger partial charge in [0, 0.05) is 43.5 Å². The van der Waals surface area contributed by atoms with Crippen LogP contribution in [0.25, 0.3) is 11.2 Å². The number of aromatic nitrogens is 4. The largest absolute Gasteiger partial charge is 0.378 e. The molecular formula is C26H36N8O2. The molecule has 10 nitrogen and oxygen atoms in total. The molecule has 3 heterocycles. The first-order valence-corrected chi connectivity index (χ1v) is 13.1. The second-order valence-corrected chi connectivity index (χ2v) is 9.63. The van der Waals surface area contributed by atoms with Gasteiger partial charge in [-0.05, 0) is 49.9 Å². The second-order valence-electron chi connectivity index (χ2n) is 9.63. The molecule has 192 valence electrons. The number of benzene rings is 1. The quantitative estimate of drug-likeness (QED) is 0.344. The van der Waals surface area contributed by atoms with Crippen LogP contribution in [0.4, 0.5) is 23.1 Å². The van der Waals surface area contributed by atoms with E-state index in [9.17, 15) is 4.79 Å². The lowest BCUT2D eigenvalue weighted by Crippen LogP contribution is -2.36. The molecule has 0 bridgehead atoms. The number of amides is 1. The van der Waals surface area contributed by atoms with E-state index in [4.69, 9.17) is 25.4 Å². The summed E-state index contributed by atoms with van der Waals surface area (Å²) in [7, 11) is 0. The summed E-state index contributed by atoms with van der Waals surface area (Å²) in [5.41, 5.74) is 9.03. The summed E-state index contributed by atoms with van der Waals surface area (Å²) in [5.74, 6) is 1.04. The molecule has 1 amide bonds. The number of rotatable bonds is 11. The Morgan fingerprint density at radius 1 is 1.06 bits per heavy atom. The highest BCUT2D eigenvalue weighted by atomic mass is 16.5. The number of primary amides is 1. The average Bonchev–Trinajstić information content (AvgIpc) is 3.57. The van der Waals surface area contributed by atoms with Crippen LogP contribution >= 0.6 is 0 Å². The van der Waals surface area contributed by atoms with Gasteiger partial charge < -0.3 is 30.6 Å². The number of unbranched alkanes of at least 4 members (excludes halogenated alkanes) is 2. The Hall–Kier alpha value is -3.40. The van der Waals surface area contributed by atoms with Crippen LogP contribution in [-0.2, 0) is 9.53 Å². The van der Waals surface area contributed by atoms with Crippen molar-refractivity contribution >= 4 is 40.2 Å². The fraction of sp³-hybridized carbons (Fsp3) is 0.538. The maximum atomic E-state index is 10.9. The average molecular weight is 493 g/mol. The minimum absolute atomic E-state index is 0.245. The van der Waals surface area contributed by atoms with Crippen LogP contribution in [0.5, 0.6) is 0 Å². The van der Waals surface area contributed by atoms with Gasteiger partial charge in [0.25, 0.3) is 0 Å². The highest BCUT2D eigenvalue weighted by Crippen LogP contribution is 2.33. The molecule has 36 heavy (non-hydrogen) atoms. The van der Waals surface area contributed by atoms with Gasteiger partial charge in [0.15, 0.2) is 17.0 Å². The molecule has 1 aromatic carbocycles. The number of nitrogens with one attached hydrogen (secondary N) is 2. The van der Waals surface area contributed by atoms with Crippen molar-refractivity contribution in [1.29, 1.82) is 0 Å². The Bertz CT molecular complexity index is 1150. The first-order valence-electron chi connectivity index (χ1n) is 13.1. The Morgan fingerprint density at radius 2 is 1.83 bits per heavy atom. The molecule has 0 spiro atoms. The summed E-state index contributed by atoms with van der Waals surface area (Å²) in [5, 5.41) is 6.86. The van der Waals surface area contributed by atoms with Crippen LogP contribution in [0, 0.1) is 0 Å². The number of fused-ring (bicyclic) bond motifs is 1. The standard InChI is InChI=1S/C26H36N8O2/c27-22(35)8-2-1-5-13-28-26-31-24(23-25(32-26)34(18-29-23)21-6-3-4-7-21)30-19-9-11-20(12-10-19)33-14-16-36-17-15-33/h9-12,18,21H,1-8,13-17H2,(H2,27,35)(H2,28,30,31,32). The van der Waals surface area contributed by atoms with Gasteiger partial charge in [-0.15, -0.1) is 0 Å². The number of ether oxygens (including phenoxy) is 1. The van der Waals surface area contributed by atoms with Gasteiger partial charge in [0.05, 0.1) is 19.5 Å². The third kappa shape index (κ3) is 5.87. The van der Waals surface area contributed by atoms with E-state index in [-0.39, 0.29) is 5.91 Å². The van der Waals surface area contributed by atoms with Crippen molar-refractivity contribution in [3.63, 3.8) is 0 Å². The smallest absolute Gasteiger partial charge is 0.226 e. The Kier molecular flexibility index (Phi) is 7.80. The van der Waals surface area contributed by atoms with Crippen molar-refractivity contribution in [3.8, 4) is 0 Å². The lowest BCUT2D eigenvalue weighted by atomic mass is 10.2. The lowest BCUT2D eigenvalue weighted by Gasteiger charge is -2.28. The van der Waals surface area contributed by atoms with E-state index in [1.54, 1.807) is 0 Å². The van der Waals surface area contributed by atoms with E-state index >= 15 is 0 Å². The Morgan fingerprint density at radius 3 is 2.58 bits per heavy atom. The second kappa shape index (κ2) is 11.6. The number of carbonyl (C=O) groups is 1. The van der Waals surface area contributed by atoms with E-state index in [0.717, 1.165) is 81.8 Å². The molecule has 1 aliphatic carbocycles. The van der Waals surface area contributed by atoms with Crippen LogP contribution in [-0.4, -0.2) is 58.3 Å². The van der Waals surface area contributed by atoms with Crippen molar-refractivity contribution in [2.24, 2.45) is 5.73 Å². The van der Waals surface area contributed by atoms with Crippen LogP contribution in [0.3, 0.4) is 0 Å². The highest BCUT2D eigenvalue weighted by Gasteiger charge is 2.22. The fourth-order valence-corrected chi connectivity index (χ4v) is 5.05. The summed E-state index contributed by atoms with van der Waals surface area (Å²) in [6.07, 6.45) is 9.80. The first-order chi connectivity index (χ1) is 17.7. The molecule has 1 saturated carbocycles. The number of hydrogen-bond acceptors (Lipinski definition) is 8. The first kappa shape index (κ1) is 24.3. The third-order valence-electron chi connectivity index (χ3n) is 7.03. The number of hydrogen-bond donors (Lipinski definition) is 3. The Labute approximate surface area is 211 Å². The molecule has 0 radical (unpaired) electrons. The summed E-state index contributed by atoms with van der Waals surface area (Å²) in [4.78, 5) is 27.6. The van der Waals surface area contributed by atoms with Crippen molar-refractivity contribution in [3.05, 3.63) is 30.6 Å². The van der Waals surface area contributed by atoms with Gasteiger partial charge in [0.1, 0.15) is 0 Å². The summed E-state index contributed by atoms with van der Waals surface area (Å²) < 4.78 is 7.69. The summed E-state index contributed by atoms with van der Waals surface area (Å²) in [6, 6.07) is 8.87. The van der Waals surface area contributed by atoms with Crippen LogP contribution in [0.2, 0.25) is 0 Å². The van der Waals surface area contributed by atoms with E-state index < -0.39 is 0 Å². The lowest BCUT2D eigenvalue weighted by molar-refractivity contribution is -0.118. The molecule has 5 rings (SSSR count). The predicted octanol–water partition coefficient (Wildman–Crippen LogP) is 3.98. The minimum atomic E-state index is -0.245. The summed E-state index contributed by atoms with van der Waals surface area (Å²) >= 11 is 0. The molecular weight excluding hydrogens is 456 g/mol. The van der Waals surface area contributed by atoms with Gasteiger partial charge in [-0.1, -0.05) is 19.3 Å². The zero-order chi connectivity index (χ0) is 24.7. The monoisotopic (exact) mass is 492 g/mol. The number of imidazole rings is 1. The van der Waals surface area contributed by atoms with E-state index in [1.165, 1.54) is 18.5 Å². The number of anilines is 4. The number of nitrogens with two attached hydrogens (primary N) is 1. The fourth-order valence-electron chi connectivity index (χ4n) is 5.05. The topological polar surface area (TPSA) is 123 Å². The minimum Gasteiger partial charge on any atom is -0.378 e. The zero-order valence-electron chi connectivity index (χ0n) is 20.8. The number of morpholine rings is 1. The van der Waals surface area contributed by atoms with Gasteiger partial charge >= 0.3 is 0 Å². The molecule has 3 aromatic rings. The van der Waals surface area contributed by atoms with Gasteiger partial charge in [-0.2, -0.15) is 9.97 Å². The molecule has 2 aromatic heterocycles. The zero-order valence-corrected chi connectivity index (χ0v) is 20.8. The van der Waals surface area contributed by atoms with Crippen LogP contribution < -0.4 is 21.3 Å². The maximum absolute atomic E-state index is 10.9. The summed E-state index contributed by atoms with van der Waals surface area (Å²) in [6.45, 7) is 4.09. The highest BCUT2D eigenvalue weighted by molar-refractivity contribution is 5.86. The predicted molar refractivity (Wildman–Crippen MR) is 142 cm³/mol. The normalized spacial score (nSPS) is 16.5. The van der Waals surface area contributed by atoms with E-state index in [2.05, 4.69) is 44.4 Å². The molecule has 10 heteroatoms. The van der Waals surface area contributed by atoms with Crippen molar-refractivity contribution in [1.82, 2.24) is 19.5 Å². The molecule has 1 aliphatic heterocycles. The third-order valence-corrected chi connectivity index (χ3v) is 7.03. The maximum Gasteiger partial charge on any atom is 0.226 e. The number of carbonyl (C=O) groups excluding carboxylic acids is 1. The molecule has 2 aliphatic rings. The molecule has 1 saturated heterocycles. The van der Waals surface area contributed by atoms with Crippen molar-refractivity contribution in [2.45, 2.75) is 57.4 Å². The SMILES string of the molecule is NC(=O)CCCCCNc1nc(Nc2ccc(N3CCOCC3)cc2)c2ncn(C3CCCC3)c2n1. The number of nitrogens with zero attached hydrogens (tertiary/aromatic N) is 5. The van der Waals surface area contributed by atoms with E-state index in [1.807, 2.05) is 6.33 Å². The van der Waals surface area contributed by atoms with Crippen molar-refractivity contribution in [2.75, 3.05) is 48.4 Å².